The van der Waals surface area contributed by atoms with Crippen LogP contribution in [0.1, 0.15) is 19.4 Å². The zero-order chi connectivity index (χ0) is 20.9. The summed E-state index contributed by atoms with van der Waals surface area (Å²) in [7, 11) is -2.23. The van der Waals surface area contributed by atoms with Crippen LogP contribution in [0.5, 0.6) is 11.5 Å². The van der Waals surface area contributed by atoms with E-state index in [1.807, 2.05) is 0 Å². The second-order valence-corrected chi connectivity index (χ2v) is 7.98. The summed E-state index contributed by atoms with van der Waals surface area (Å²) >= 11 is 0. The first-order valence-electron chi connectivity index (χ1n) is 8.41. The fourth-order valence-electron chi connectivity index (χ4n) is 2.61. The maximum Gasteiger partial charge on any atom is 0.263 e. The topological polar surface area (TPSA) is 108 Å². The molecule has 0 saturated carbocycles. The van der Waals surface area contributed by atoms with Crippen molar-refractivity contribution < 1.29 is 23.1 Å². The Balaban J connectivity index is 2.24. The summed E-state index contributed by atoms with van der Waals surface area (Å²) in [4.78, 5) is 12.5. The highest BCUT2D eigenvalue weighted by atomic mass is 32.2. The van der Waals surface area contributed by atoms with Gasteiger partial charge in [-0.05, 0) is 50.2 Å². The molecule has 150 valence electrons. The van der Waals surface area contributed by atoms with E-state index in [1.54, 1.807) is 49.4 Å². The molecule has 2 aromatic rings. The number of aromatic hydroxyl groups is 1. The number of hydrogen-bond acceptors (Lipinski definition) is 6. The van der Waals surface area contributed by atoms with Crippen LogP contribution in [0.3, 0.4) is 0 Å². The average Bonchev–Trinajstić information content (AvgIpc) is 2.65. The number of anilines is 1. The molecular weight excluding hydrogens is 382 g/mol. The highest BCUT2D eigenvalue weighted by molar-refractivity contribution is 7.92. The van der Waals surface area contributed by atoms with Crippen molar-refractivity contribution in [2.75, 3.05) is 17.7 Å². The summed E-state index contributed by atoms with van der Waals surface area (Å²) < 4.78 is 30.6. The fraction of sp³-hybridized carbons (Fsp3) is 0.263. The normalized spacial score (nSPS) is 12.9. The Hall–Kier alpha value is -3.07. The quantitative estimate of drug-likeness (QED) is 0.542. The van der Waals surface area contributed by atoms with E-state index in [0.717, 1.165) is 10.6 Å². The molecular formula is C19H23N3O5S. The number of ether oxygens (including phenoxy) is 1. The number of hydrazone groups is 1. The Morgan fingerprint density at radius 2 is 1.79 bits per heavy atom. The third-order valence-corrected chi connectivity index (χ3v) is 5.28. The maximum absolute atomic E-state index is 12.5. The Morgan fingerprint density at radius 3 is 2.32 bits per heavy atom. The number of hydrogen-bond donors (Lipinski definition) is 2. The molecule has 2 aromatic carbocycles. The minimum absolute atomic E-state index is 0.0297. The van der Waals surface area contributed by atoms with Gasteiger partial charge in [-0.3, -0.25) is 9.10 Å². The molecule has 9 heteroatoms. The molecule has 0 aromatic heterocycles. The molecule has 28 heavy (non-hydrogen) atoms. The molecule has 0 aliphatic carbocycles. The van der Waals surface area contributed by atoms with Crippen LogP contribution in [0.25, 0.3) is 0 Å². The minimum atomic E-state index is -3.74. The zero-order valence-electron chi connectivity index (χ0n) is 16.1. The number of carbonyl (C=O) groups is 1. The van der Waals surface area contributed by atoms with Crippen LogP contribution in [-0.2, 0) is 14.8 Å². The lowest BCUT2D eigenvalue weighted by Gasteiger charge is -2.27. The number of amides is 1. The number of nitrogens with one attached hydrogen (secondary N) is 1. The van der Waals surface area contributed by atoms with Crippen molar-refractivity contribution in [3.63, 3.8) is 0 Å². The van der Waals surface area contributed by atoms with Gasteiger partial charge in [-0.25, -0.2) is 13.8 Å². The smallest absolute Gasteiger partial charge is 0.263 e. The second kappa shape index (κ2) is 8.75. The Labute approximate surface area is 164 Å². The van der Waals surface area contributed by atoms with Gasteiger partial charge in [0.2, 0.25) is 10.0 Å². The minimum Gasteiger partial charge on any atom is -0.507 e. The van der Waals surface area contributed by atoms with Crippen molar-refractivity contribution in [1.82, 2.24) is 5.43 Å². The second-order valence-electron chi connectivity index (χ2n) is 6.12. The molecule has 1 amide bonds. The molecule has 0 unspecified atom stereocenters. The van der Waals surface area contributed by atoms with Crippen LogP contribution < -0.4 is 14.5 Å². The lowest BCUT2D eigenvalue weighted by atomic mass is 10.1. The first-order valence-corrected chi connectivity index (χ1v) is 10.3. The van der Waals surface area contributed by atoms with E-state index in [2.05, 4.69) is 10.5 Å². The first kappa shape index (κ1) is 21.2. The molecule has 0 saturated heterocycles. The summed E-state index contributed by atoms with van der Waals surface area (Å²) in [6.07, 6.45) is 1.03. The van der Waals surface area contributed by atoms with E-state index in [-0.39, 0.29) is 5.75 Å². The molecule has 2 N–H and O–H groups in total. The van der Waals surface area contributed by atoms with Gasteiger partial charge in [0.25, 0.3) is 5.91 Å². The van der Waals surface area contributed by atoms with Gasteiger partial charge >= 0.3 is 0 Å². The average molecular weight is 405 g/mol. The van der Waals surface area contributed by atoms with E-state index in [4.69, 9.17) is 4.74 Å². The number of benzene rings is 2. The molecule has 8 nitrogen and oxygen atoms in total. The van der Waals surface area contributed by atoms with Crippen molar-refractivity contribution in [1.29, 1.82) is 0 Å². The molecule has 0 fully saturated rings. The van der Waals surface area contributed by atoms with Gasteiger partial charge in [-0.15, -0.1) is 0 Å². The van der Waals surface area contributed by atoms with Crippen LogP contribution in [-0.4, -0.2) is 44.6 Å². The summed E-state index contributed by atoms with van der Waals surface area (Å²) in [6, 6.07) is 11.8. The summed E-state index contributed by atoms with van der Waals surface area (Å²) in [5.41, 5.74) is 3.53. The summed E-state index contributed by atoms with van der Waals surface area (Å²) in [6.45, 7) is 3.09. The van der Waals surface area contributed by atoms with E-state index < -0.39 is 22.0 Å². The largest absolute Gasteiger partial charge is 0.507 e. The Kier molecular flexibility index (Phi) is 6.63. The molecule has 0 heterocycles. The highest BCUT2D eigenvalue weighted by Crippen LogP contribution is 2.24. The maximum atomic E-state index is 12.5. The fourth-order valence-corrected chi connectivity index (χ4v) is 3.78. The molecule has 0 aliphatic heterocycles. The monoisotopic (exact) mass is 405 g/mol. The molecule has 0 aliphatic rings. The van der Waals surface area contributed by atoms with Crippen LogP contribution in [0.4, 0.5) is 5.69 Å². The molecule has 0 spiro atoms. The standard InChI is InChI=1S/C19H23N3O5S/c1-13(17-7-5-6-8-18(17)23)20-21-19(24)14(2)22(28(4,25)26)15-9-11-16(27-3)12-10-15/h5-12,14,23H,1-4H3,(H,21,24)/b20-13-/t14-/m1/s1. The molecule has 0 bridgehead atoms. The predicted molar refractivity (Wildman–Crippen MR) is 108 cm³/mol. The molecule has 2 rings (SSSR count). The Morgan fingerprint density at radius 1 is 1.18 bits per heavy atom. The highest BCUT2D eigenvalue weighted by Gasteiger charge is 2.29. The zero-order valence-corrected chi connectivity index (χ0v) is 16.9. The van der Waals surface area contributed by atoms with Crippen molar-refractivity contribution in [3.8, 4) is 11.5 Å². The van der Waals surface area contributed by atoms with Gasteiger partial charge < -0.3 is 9.84 Å². The van der Waals surface area contributed by atoms with Crippen LogP contribution in [0.2, 0.25) is 0 Å². The van der Waals surface area contributed by atoms with Crippen molar-refractivity contribution >= 4 is 27.3 Å². The van der Waals surface area contributed by atoms with Crippen LogP contribution >= 0.6 is 0 Å². The number of carbonyl (C=O) groups excluding carboxylic acids is 1. The van der Waals surface area contributed by atoms with Gasteiger partial charge in [0.15, 0.2) is 0 Å². The number of phenolic OH excluding ortho intramolecular Hbond substituents is 1. The van der Waals surface area contributed by atoms with Crippen molar-refractivity contribution in [2.24, 2.45) is 5.10 Å². The van der Waals surface area contributed by atoms with Gasteiger partial charge in [-0.1, -0.05) is 12.1 Å². The number of rotatable bonds is 7. The Bertz CT molecular complexity index is 971. The van der Waals surface area contributed by atoms with Gasteiger partial charge in [0.1, 0.15) is 17.5 Å². The van der Waals surface area contributed by atoms with Gasteiger partial charge in [0, 0.05) is 5.56 Å². The van der Waals surface area contributed by atoms with E-state index in [0.29, 0.717) is 22.7 Å². The number of methoxy groups -OCH3 is 1. The number of sulfonamides is 1. The van der Waals surface area contributed by atoms with Crippen molar-refractivity contribution in [2.45, 2.75) is 19.9 Å². The lowest BCUT2D eigenvalue weighted by molar-refractivity contribution is -0.121. The third kappa shape index (κ3) is 5.01. The van der Waals surface area contributed by atoms with E-state index in [9.17, 15) is 18.3 Å². The SMILES string of the molecule is COc1ccc(N([C@H](C)C(=O)N/N=C(/C)c2ccccc2O)S(C)(=O)=O)cc1. The number of phenols is 1. The predicted octanol–water partition coefficient (Wildman–Crippen LogP) is 2.10. The van der Waals surface area contributed by atoms with Crippen molar-refractivity contribution in [3.05, 3.63) is 54.1 Å². The number of para-hydroxylation sites is 1. The summed E-state index contributed by atoms with van der Waals surface area (Å²) in [5, 5.41) is 13.8. The van der Waals surface area contributed by atoms with E-state index >= 15 is 0 Å². The number of nitrogens with zero attached hydrogens (tertiary/aromatic N) is 2. The molecule has 0 radical (unpaired) electrons. The van der Waals surface area contributed by atoms with Gasteiger partial charge in [-0.2, -0.15) is 5.10 Å². The lowest BCUT2D eigenvalue weighted by Crippen LogP contribution is -2.46. The molecule has 1 atom stereocenters. The summed E-state index contributed by atoms with van der Waals surface area (Å²) in [5.74, 6) is -0.0183. The van der Waals surface area contributed by atoms with E-state index in [1.165, 1.54) is 20.1 Å². The van der Waals surface area contributed by atoms with Gasteiger partial charge in [0.05, 0.1) is 24.8 Å². The van der Waals surface area contributed by atoms with Crippen LogP contribution in [0, 0.1) is 0 Å². The third-order valence-electron chi connectivity index (χ3n) is 4.04. The van der Waals surface area contributed by atoms with Crippen LogP contribution in [0.15, 0.2) is 53.6 Å². The first-order chi connectivity index (χ1) is 13.1.